The summed E-state index contributed by atoms with van der Waals surface area (Å²) in [5.74, 6) is -0.138. The van der Waals surface area contributed by atoms with E-state index in [1.165, 1.54) is 263 Å². The number of nitrogens with one attached hydrogen (secondary N) is 1. The van der Waals surface area contributed by atoms with Gasteiger partial charge >= 0.3 is 0 Å². The normalized spacial score (nSPS) is 18.2. The molecule has 1 fully saturated rings. The Morgan fingerprint density at radius 1 is 0.385 bits per heavy atom. The van der Waals surface area contributed by atoms with Gasteiger partial charge in [0.2, 0.25) is 5.91 Å². The summed E-state index contributed by atoms with van der Waals surface area (Å²) in [6, 6.07) is -0.723. The van der Waals surface area contributed by atoms with E-state index < -0.39 is 49.5 Å². The molecule has 0 bridgehead atoms. The third-order valence-electron chi connectivity index (χ3n) is 18.5. The van der Waals surface area contributed by atoms with Gasteiger partial charge in [-0.05, 0) is 70.6 Å². The molecule has 0 radical (unpaired) electrons. The minimum Gasteiger partial charge on any atom is -0.394 e. The van der Waals surface area contributed by atoms with Crippen molar-refractivity contribution in [1.29, 1.82) is 0 Å². The lowest BCUT2D eigenvalue weighted by molar-refractivity contribution is -0.302. The first kappa shape index (κ1) is 86.4. The van der Waals surface area contributed by atoms with Crippen molar-refractivity contribution in [2.45, 2.75) is 416 Å². The molecule has 0 aromatic rings. The molecule has 1 saturated heterocycles. The highest BCUT2D eigenvalue weighted by Gasteiger charge is 2.44. The van der Waals surface area contributed by atoms with Crippen molar-refractivity contribution in [2.75, 3.05) is 13.2 Å². The molecule has 530 valence electrons. The number of hydrogen-bond donors (Lipinski definition) is 6. The summed E-state index contributed by atoms with van der Waals surface area (Å²) in [7, 11) is 0. The summed E-state index contributed by atoms with van der Waals surface area (Å²) < 4.78 is 11.4. The summed E-state index contributed by atoms with van der Waals surface area (Å²) in [4.78, 5) is 13.2. The number of carbonyl (C=O) groups is 1. The molecule has 0 aromatic carbocycles. The van der Waals surface area contributed by atoms with Gasteiger partial charge in [-0.3, -0.25) is 4.79 Å². The maximum atomic E-state index is 13.2. The fourth-order valence-electron chi connectivity index (χ4n) is 12.4. The first-order chi connectivity index (χ1) is 44.8. The highest BCUT2D eigenvalue weighted by molar-refractivity contribution is 5.76. The zero-order valence-corrected chi connectivity index (χ0v) is 59.6. The molecule has 91 heavy (non-hydrogen) atoms. The van der Waals surface area contributed by atoms with Gasteiger partial charge in [-0.15, -0.1) is 0 Å². The van der Waals surface area contributed by atoms with E-state index >= 15 is 0 Å². The van der Waals surface area contributed by atoms with Crippen LogP contribution in [0, 0.1) is 0 Å². The first-order valence-corrected chi connectivity index (χ1v) is 39.3. The van der Waals surface area contributed by atoms with Crippen LogP contribution in [0.5, 0.6) is 0 Å². The second-order valence-corrected chi connectivity index (χ2v) is 27.1. The molecule has 0 aromatic heterocycles. The fourth-order valence-corrected chi connectivity index (χ4v) is 12.4. The van der Waals surface area contributed by atoms with Crippen molar-refractivity contribution in [3.8, 4) is 0 Å². The highest BCUT2D eigenvalue weighted by Crippen LogP contribution is 2.24. The van der Waals surface area contributed by atoms with E-state index in [2.05, 4.69) is 104 Å². The minimum atomic E-state index is -1.56. The van der Waals surface area contributed by atoms with Crippen LogP contribution >= 0.6 is 0 Å². The highest BCUT2D eigenvalue weighted by atomic mass is 16.7. The van der Waals surface area contributed by atoms with E-state index in [9.17, 15) is 30.3 Å². The number of unbranched alkanes of at least 4 members (excludes halogenated alkanes) is 45. The van der Waals surface area contributed by atoms with Crippen molar-refractivity contribution >= 4 is 5.91 Å². The molecule has 0 saturated carbocycles. The van der Waals surface area contributed by atoms with Crippen LogP contribution in [0.25, 0.3) is 0 Å². The van der Waals surface area contributed by atoms with Gasteiger partial charge in [0.25, 0.3) is 0 Å². The number of allylic oxidation sites excluding steroid dienone is 14. The van der Waals surface area contributed by atoms with Crippen LogP contribution in [-0.2, 0) is 14.3 Å². The zero-order chi connectivity index (χ0) is 65.7. The standard InChI is InChI=1S/C82H149NO8/c1-3-5-7-9-11-13-15-17-19-21-23-25-27-29-31-32-33-34-35-36-37-38-39-40-41-42-43-44-46-48-50-52-54-56-58-60-62-64-66-68-70-72-78(86)83-75(74-90-82-81(89)80(88)79(87)77(73-84)91-82)76(85)71-69-67-65-63-61-59-57-55-53-51-49-47-45-30-28-26-24-22-20-18-16-14-12-10-8-6-4-2/h5,7,11,13,17,19,23,25,29,31,33-34,36-37,75-77,79-82,84-85,87-89H,3-4,6,8-10,12,14-16,18,20-22,24,26-28,30,32,35,38-74H2,1-2H3,(H,83,86)/b7-5-,13-11-,19-17-,25-23-,31-29-,34-33-,37-36-. The van der Waals surface area contributed by atoms with Gasteiger partial charge in [0.1, 0.15) is 24.4 Å². The van der Waals surface area contributed by atoms with E-state index in [4.69, 9.17) is 9.47 Å². The SMILES string of the molecule is CC/C=C\C/C=C\C/C=C\C/C=C\C/C=C\C/C=C\C/C=C\CCCCCCCCCCCCCCCCCCCCCC(=O)NC(COC1OC(CO)C(O)C(O)C1O)C(O)CCCCCCCCCCCCCCCCCCCCCCCCCCCCC. The van der Waals surface area contributed by atoms with E-state index in [-0.39, 0.29) is 12.5 Å². The average Bonchev–Trinajstić information content (AvgIpc) is 1.58. The number of hydrogen-bond acceptors (Lipinski definition) is 8. The van der Waals surface area contributed by atoms with Crippen molar-refractivity contribution in [3.05, 3.63) is 85.1 Å². The summed E-state index contributed by atoms with van der Waals surface area (Å²) in [5.41, 5.74) is 0. The molecule has 1 aliphatic heterocycles. The van der Waals surface area contributed by atoms with Crippen LogP contribution in [0.1, 0.15) is 373 Å². The fraction of sp³-hybridized carbons (Fsp3) is 0.817. The Kier molecular flexibility index (Phi) is 66.6. The zero-order valence-electron chi connectivity index (χ0n) is 59.6. The van der Waals surface area contributed by atoms with Gasteiger partial charge in [-0.1, -0.05) is 381 Å². The topological polar surface area (TPSA) is 149 Å². The Balaban J connectivity index is 2.05. The van der Waals surface area contributed by atoms with Crippen LogP contribution in [-0.4, -0.2) is 87.5 Å². The van der Waals surface area contributed by atoms with Crippen molar-refractivity contribution in [2.24, 2.45) is 0 Å². The molecule has 9 heteroatoms. The Bertz CT molecular complexity index is 1720. The molecular weight excluding hydrogens is 1130 g/mol. The monoisotopic (exact) mass is 1280 g/mol. The van der Waals surface area contributed by atoms with Crippen molar-refractivity contribution in [3.63, 3.8) is 0 Å². The molecule has 6 N–H and O–H groups in total. The maximum Gasteiger partial charge on any atom is 0.220 e. The molecule has 7 unspecified atom stereocenters. The van der Waals surface area contributed by atoms with Crippen molar-refractivity contribution in [1.82, 2.24) is 5.32 Å². The lowest BCUT2D eigenvalue weighted by Crippen LogP contribution is -2.60. The Morgan fingerprint density at radius 3 is 1.01 bits per heavy atom. The Morgan fingerprint density at radius 2 is 0.681 bits per heavy atom. The summed E-state index contributed by atoms with van der Waals surface area (Å²) in [6.07, 6.45) is 93.9. The predicted molar refractivity (Wildman–Crippen MR) is 392 cm³/mol. The van der Waals surface area contributed by atoms with Crippen LogP contribution in [0.4, 0.5) is 0 Å². The molecule has 1 rings (SSSR count). The number of rotatable bonds is 69. The number of carbonyl (C=O) groups excluding carboxylic acids is 1. The number of aliphatic hydroxyl groups is 5. The maximum absolute atomic E-state index is 13.2. The summed E-state index contributed by atoms with van der Waals surface area (Å²) in [5, 5.41) is 55.1. The Labute approximate surface area is 562 Å². The van der Waals surface area contributed by atoms with Crippen molar-refractivity contribution < 1.29 is 39.8 Å². The lowest BCUT2D eigenvalue weighted by Gasteiger charge is -2.40. The second-order valence-electron chi connectivity index (χ2n) is 27.1. The average molecular weight is 1280 g/mol. The number of ether oxygens (including phenoxy) is 2. The van der Waals surface area contributed by atoms with Crippen LogP contribution in [0.15, 0.2) is 85.1 Å². The molecule has 1 aliphatic rings. The Hall–Kier alpha value is -2.63. The quantitative estimate of drug-likeness (QED) is 0.0261. The minimum absolute atomic E-state index is 0.136. The smallest absolute Gasteiger partial charge is 0.220 e. The van der Waals surface area contributed by atoms with Gasteiger partial charge in [0.15, 0.2) is 6.29 Å². The largest absolute Gasteiger partial charge is 0.394 e. The molecule has 7 atom stereocenters. The van der Waals surface area contributed by atoms with Gasteiger partial charge in [0, 0.05) is 6.42 Å². The molecule has 0 spiro atoms. The molecular formula is C82H149NO8. The molecule has 1 heterocycles. The van der Waals surface area contributed by atoms with E-state index in [1.807, 2.05) is 0 Å². The van der Waals surface area contributed by atoms with Gasteiger partial charge in [-0.2, -0.15) is 0 Å². The molecule has 1 amide bonds. The van der Waals surface area contributed by atoms with E-state index in [1.54, 1.807) is 0 Å². The van der Waals surface area contributed by atoms with Gasteiger partial charge in [-0.25, -0.2) is 0 Å². The second kappa shape index (κ2) is 70.2. The summed E-state index contributed by atoms with van der Waals surface area (Å²) in [6.45, 7) is 3.77. The predicted octanol–water partition coefficient (Wildman–Crippen LogP) is 22.4. The van der Waals surface area contributed by atoms with Crippen LogP contribution in [0.3, 0.4) is 0 Å². The number of amides is 1. The third kappa shape index (κ3) is 58.5. The van der Waals surface area contributed by atoms with Gasteiger partial charge in [0.05, 0.1) is 25.4 Å². The summed E-state index contributed by atoms with van der Waals surface area (Å²) >= 11 is 0. The van der Waals surface area contributed by atoms with Crippen LogP contribution in [0.2, 0.25) is 0 Å². The first-order valence-electron chi connectivity index (χ1n) is 39.3. The molecule has 0 aliphatic carbocycles. The van der Waals surface area contributed by atoms with Crippen LogP contribution < -0.4 is 5.32 Å². The third-order valence-corrected chi connectivity index (χ3v) is 18.5. The lowest BCUT2D eigenvalue weighted by atomic mass is 9.99. The van der Waals surface area contributed by atoms with Gasteiger partial charge < -0.3 is 40.3 Å². The van der Waals surface area contributed by atoms with E-state index in [0.717, 1.165) is 83.5 Å². The number of aliphatic hydroxyl groups excluding tert-OH is 5. The molecule has 9 nitrogen and oxygen atoms in total. The van der Waals surface area contributed by atoms with E-state index in [0.29, 0.717) is 12.8 Å².